The molecule has 17 heavy (non-hydrogen) atoms. The second kappa shape index (κ2) is 4.25. The van der Waals surface area contributed by atoms with Gasteiger partial charge in [0.15, 0.2) is 5.79 Å². The van der Waals surface area contributed by atoms with Crippen molar-refractivity contribution in [3.63, 3.8) is 0 Å². The van der Waals surface area contributed by atoms with Gasteiger partial charge in [0.2, 0.25) is 0 Å². The topological polar surface area (TPSA) is 18.5 Å². The van der Waals surface area contributed by atoms with Crippen molar-refractivity contribution in [3.05, 3.63) is 24.3 Å². The van der Waals surface area contributed by atoms with Gasteiger partial charge >= 0.3 is 0 Å². The van der Waals surface area contributed by atoms with Gasteiger partial charge in [-0.1, -0.05) is 24.3 Å². The summed E-state index contributed by atoms with van der Waals surface area (Å²) in [6, 6.07) is 0. The molecule has 0 unspecified atom stereocenters. The molecule has 0 N–H and O–H groups in total. The maximum atomic E-state index is 5.80. The summed E-state index contributed by atoms with van der Waals surface area (Å²) in [6.07, 6.45) is 14.3. The van der Waals surface area contributed by atoms with E-state index in [1.807, 2.05) is 0 Å². The van der Waals surface area contributed by atoms with E-state index >= 15 is 0 Å². The Hall–Kier alpha value is -0.600. The van der Waals surface area contributed by atoms with E-state index in [9.17, 15) is 0 Å². The third-order valence-corrected chi connectivity index (χ3v) is 5.07. The molecular weight excluding hydrogens is 212 g/mol. The first-order valence-electron chi connectivity index (χ1n) is 6.77. The smallest absolute Gasteiger partial charge is 0.180 e. The SMILES string of the molecule is COC1(OC)[C@@H]2C=C[C@H]1[C@H]1CC/C=C/CC[C@@H]12. The summed E-state index contributed by atoms with van der Waals surface area (Å²) in [5, 5.41) is 0. The number of allylic oxidation sites excluding steroid dienone is 2. The molecule has 0 aromatic carbocycles. The average molecular weight is 234 g/mol. The van der Waals surface area contributed by atoms with E-state index < -0.39 is 0 Å². The molecule has 94 valence electrons. The third kappa shape index (κ3) is 1.47. The van der Waals surface area contributed by atoms with Crippen molar-refractivity contribution in [1.29, 1.82) is 0 Å². The van der Waals surface area contributed by atoms with Gasteiger partial charge in [0.05, 0.1) is 0 Å². The molecule has 1 saturated carbocycles. The van der Waals surface area contributed by atoms with E-state index in [1.165, 1.54) is 25.7 Å². The van der Waals surface area contributed by atoms with Crippen molar-refractivity contribution in [2.24, 2.45) is 23.7 Å². The Morgan fingerprint density at radius 3 is 1.76 bits per heavy atom. The monoisotopic (exact) mass is 234 g/mol. The quantitative estimate of drug-likeness (QED) is 0.540. The highest BCUT2D eigenvalue weighted by Crippen LogP contribution is 2.59. The molecule has 3 aliphatic rings. The van der Waals surface area contributed by atoms with Gasteiger partial charge in [-0.15, -0.1) is 0 Å². The number of ether oxygens (including phenoxy) is 2. The van der Waals surface area contributed by atoms with Gasteiger partial charge in [-0.25, -0.2) is 0 Å². The number of hydrogen-bond acceptors (Lipinski definition) is 2. The maximum absolute atomic E-state index is 5.80. The molecular formula is C15H22O2. The Bertz CT molecular complexity index is 313. The summed E-state index contributed by atoms with van der Waals surface area (Å²) in [5.41, 5.74) is 0. The van der Waals surface area contributed by atoms with Crippen LogP contribution in [0.4, 0.5) is 0 Å². The highest BCUT2D eigenvalue weighted by atomic mass is 16.7. The fraction of sp³-hybridized carbons (Fsp3) is 0.733. The predicted molar refractivity (Wildman–Crippen MR) is 67.5 cm³/mol. The summed E-state index contributed by atoms with van der Waals surface area (Å²) in [5.74, 6) is 2.04. The summed E-state index contributed by atoms with van der Waals surface area (Å²) in [7, 11) is 3.60. The first kappa shape index (κ1) is 11.5. The van der Waals surface area contributed by atoms with E-state index in [0.29, 0.717) is 11.8 Å². The molecule has 0 aromatic rings. The normalized spacial score (nSPS) is 44.1. The second-order valence-corrected chi connectivity index (χ2v) is 5.52. The van der Waals surface area contributed by atoms with Gasteiger partial charge in [0.25, 0.3) is 0 Å². The molecule has 1 fully saturated rings. The molecule has 0 spiro atoms. The standard InChI is InChI=1S/C15H22O2/c1-16-15(17-2)13-9-10-14(15)12-8-6-4-3-5-7-11(12)13/h3-4,9-14H,5-8H2,1-2H3/b4-3+/t11-,12-,13-,14+/m0/s1. The number of hydrogen-bond donors (Lipinski definition) is 0. The highest BCUT2D eigenvalue weighted by Gasteiger charge is 2.61. The Kier molecular flexibility index (Phi) is 2.87. The van der Waals surface area contributed by atoms with Gasteiger partial charge in [-0.3, -0.25) is 0 Å². The van der Waals surface area contributed by atoms with Crippen LogP contribution in [-0.2, 0) is 9.47 Å². The van der Waals surface area contributed by atoms with Crippen LogP contribution in [0.3, 0.4) is 0 Å². The van der Waals surface area contributed by atoms with Crippen molar-refractivity contribution in [2.75, 3.05) is 14.2 Å². The zero-order valence-electron chi connectivity index (χ0n) is 10.8. The van der Waals surface area contributed by atoms with Crippen molar-refractivity contribution in [3.8, 4) is 0 Å². The summed E-state index contributed by atoms with van der Waals surface area (Å²) >= 11 is 0. The van der Waals surface area contributed by atoms with E-state index in [-0.39, 0.29) is 5.79 Å². The fourth-order valence-electron chi connectivity index (χ4n) is 4.37. The lowest BCUT2D eigenvalue weighted by Gasteiger charge is -2.32. The Balaban J connectivity index is 1.92. The van der Waals surface area contributed by atoms with Crippen LogP contribution in [0.5, 0.6) is 0 Å². The first-order chi connectivity index (χ1) is 8.33. The molecule has 3 rings (SSSR count). The van der Waals surface area contributed by atoms with Crippen LogP contribution in [0.25, 0.3) is 0 Å². The third-order valence-electron chi connectivity index (χ3n) is 5.07. The molecule has 0 aromatic heterocycles. The molecule has 0 aliphatic heterocycles. The summed E-state index contributed by atoms with van der Waals surface area (Å²) < 4.78 is 11.6. The van der Waals surface area contributed by atoms with E-state index in [0.717, 1.165) is 11.8 Å². The van der Waals surface area contributed by atoms with Crippen LogP contribution in [-0.4, -0.2) is 20.0 Å². The molecule has 0 saturated heterocycles. The van der Waals surface area contributed by atoms with Crippen LogP contribution < -0.4 is 0 Å². The van der Waals surface area contributed by atoms with Crippen molar-refractivity contribution < 1.29 is 9.47 Å². The highest BCUT2D eigenvalue weighted by molar-refractivity contribution is 5.23. The largest absolute Gasteiger partial charge is 0.352 e. The molecule has 0 heterocycles. The Morgan fingerprint density at radius 1 is 0.882 bits per heavy atom. The first-order valence-corrected chi connectivity index (χ1v) is 6.77. The second-order valence-electron chi connectivity index (χ2n) is 5.52. The lowest BCUT2D eigenvalue weighted by atomic mass is 9.77. The number of rotatable bonds is 2. The van der Waals surface area contributed by atoms with Crippen LogP contribution >= 0.6 is 0 Å². The van der Waals surface area contributed by atoms with Gasteiger partial charge in [-0.05, 0) is 37.5 Å². The van der Waals surface area contributed by atoms with Crippen LogP contribution in [0.1, 0.15) is 25.7 Å². The van der Waals surface area contributed by atoms with Crippen LogP contribution in [0.15, 0.2) is 24.3 Å². The zero-order valence-corrected chi connectivity index (χ0v) is 10.8. The molecule has 2 nitrogen and oxygen atoms in total. The van der Waals surface area contributed by atoms with Crippen molar-refractivity contribution in [2.45, 2.75) is 31.5 Å². The summed E-state index contributed by atoms with van der Waals surface area (Å²) in [4.78, 5) is 0. The number of fused-ring (bicyclic) bond motifs is 5. The van der Waals surface area contributed by atoms with E-state index in [1.54, 1.807) is 14.2 Å². The predicted octanol–water partition coefficient (Wildman–Crippen LogP) is 3.15. The lowest BCUT2D eigenvalue weighted by Crippen LogP contribution is -2.40. The Morgan fingerprint density at radius 2 is 1.35 bits per heavy atom. The van der Waals surface area contributed by atoms with Gasteiger partial charge in [-0.2, -0.15) is 0 Å². The molecule has 0 radical (unpaired) electrons. The minimum atomic E-state index is -0.361. The minimum Gasteiger partial charge on any atom is -0.352 e. The van der Waals surface area contributed by atoms with Crippen LogP contribution in [0.2, 0.25) is 0 Å². The van der Waals surface area contributed by atoms with E-state index in [2.05, 4.69) is 24.3 Å². The Labute approximate surface area is 104 Å². The zero-order chi connectivity index (χ0) is 11.9. The van der Waals surface area contributed by atoms with E-state index in [4.69, 9.17) is 9.47 Å². The van der Waals surface area contributed by atoms with Crippen molar-refractivity contribution >= 4 is 0 Å². The number of methoxy groups -OCH3 is 2. The molecule has 4 atom stereocenters. The van der Waals surface area contributed by atoms with Crippen molar-refractivity contribution in [1.82, 2.24) is 0 Å². The average Bonchev–Trinajstić information content (AvgIpc) is 2.78. The maximum Gasteiger partial charge on any atom is 0.180 e. The molecule has 3 aliphatic carbocycles. The molecule has 0 amide bonds. The molecule has 2 heteroatoms. The van der Waals surface area contributed by atoms with Crippen LogP contribution in [0, 0.1) is 23.7 Å². The summed E-state index contributed by atoms with van der Waals surface area (Å²) in [6.45, 7) is 0. The lowest BCUT2D eigenvalue weighted by molar-refractivity contribution is -0.234. The van der Waals surface area contributed by atoms with Gasteiger partial charge in [0, 0.05) is 26.1 Å². The fourth-order valence-corrected chi connectivity index (χ4v) is 4.37. The molecule has 2 bridgehead atoms. The minimum absolute atomic E-state index is 0.361. The van der Waals surface area contributed by atoms with Gasteiger partial charge < -0.3 is 9.47 Å². The van der Waals surface area contributed by atoms with Gasteiger partial charge in [0.1, 0.15) is 0 Å².